The Morgan fingerprint density at radius 3 is 2.56 bits per heavy atom. The Balaban J connectivity index is 1.43. The van der Waals surface area contributed by atoms with Crippen molar-refractivity contribution in [1.82, 2.24) is 10.6 Å². The van der Waals surface area contributed by atoms with E-state index in [-0.39, 0.29) is 28.1 Å². The summed E-state index contributed by atoms with van der Waals surface area (Å²) in [6.07, 6.45) is 1.95. The Labute approximate surface area is 190 Å². The van der Waals surface area contributed by atoms with Crippen LogP contribution in [0.2, 0.25) is 0 Å². The number of carbonyl (C=O) groups is 1. The second-order valence-corrected chi connectivity index (χ2v) is 10.2. The summed E-state index contributed by atoms with van der Waals surface area (Å²) in [6, 6.07) is 11.4. The molecule has 2 aromatic carbocycles. The Bertz CT molecular complexity index is 993. The molecule has 0 radical (unpaired) electrons. The van der Waals surface area contributed by atoms with Gasteiger partial charge in [0.05, 0.1) is 12.2 Å². The van der Waals surface area contributed by atoms with E-state index in [0.717, 1.165) is 18.5 Å². The van der Waals surface area contributed by atoms with Gasteiger partial charge < -0.3 is 25.2 Å². The third kappa shape index (κ3) is 4.76. The summed E-state index contributed by atoms with van der Waals surface area (Å²) in [7, 11) is 0. The van der Waals surface area contributed by atoms with E-state index in [1.165, 1.54) is 23.6 Å². The first-order chi connectivity index (χ1) is 15.2. The summed E-state index contributed by atoms with van der Waals surface area (Å²) >= 11 is 0. The molecular weight excluding hydrogens is 404 g/mol. The van der Waals surface area contributed by atoms with Gasteiger partial charge in [-0.05, 0) is 52.5 Å². The predicted molar refractivity (Wildman–Crippen MR) is 124 cm³/mol. The lowest BCUT2D eigenvalue weighted by atomic mass is 9.63. The molecule has 3 N–H and O–H groups in total. The second kappa shape index (κ2) is 8.75. The number of phenols is 1. The van der Waals surface area contributed by atoms with Gasteiger partial charge in [-0.1, -0.05) is 45.9 Å². The molecule has 1 fully saturated rings. The molecule has 1 saturated heterocycles. The van der Waals surface area contributed by atoms with Crippen LogP contribution in [-0.4, -0.2) is 36.9 Å². The monoisotopic (exact) mass is 438 g/mol. The molecule has 32 heavy (non-hydrogen) atoms. The van der Waals surface area contributed by atoms with E-state index < -0.39 is 6.23 Å². The van der Waals surface area contributed by atoms with Crippen molar-refractivity contribution in [3.8, 4) is 11.5 Å². The van der Waals surface area contributed by atoms with E-state index in [0.29, 0.717) is 25.5 Å². The Hall–Kier alpha value is -2.57. The van der Waals surface area contributed by atoms with E-state index in [2.05, 4.69) is 56.5 Å². The molecule has 2 aromatic rings. The maximum atomic E-state index is 12.5. The number of carbonyl (C=O) groups excluding carboxylic acids is 1. The summed E-state index contributed by atoms with van der Waals surface area (Å²) in [5.41, 5.74) is 4.44. The number of nitrogens with one attached hydrogen (secondary N) is 2. The zero-order valence-corrected chi connectivity index (χ0v) is 19.5. The van der Waals surface area contributed by atoms with Gasteiger partial charge in [-0.25, -0.2) is 0 Å². The minimum Gasteiger partial charge on any atom is -0.507 e. The molecule has 1 amide bonds. The molecule has 4 rings (SSSR count). The Morgan fingerprint density at radius 1 is 1.12 bits per heavy atom. The molecule has 1 heterocycles. The third-order valence-electron chi connectivity index (χ3n) is 6.76. The van der Waals surface area contributed by atoms with Crippen LogP contribution in [0, 0.1) is 0 Å². The number of morpholine rings is 1. The van der Waals surface area contributed by atoms with Crippen LogP contribution in [0.4, 0.5) is 0 Å². The average Bonchev–Trinajstić information content (AvgIpc) is 2.76. The van der Waals surface area contributed by atoms with Crippen molar-refractivity contribution in [2.45, 2.75) is 64.2 Å². The molecule has 6 heteroatoms. The molecule has 0 aromatic heterocycles. The summed E-state index contributed by atoms with van der Waals surface area (Å²) in [6.45, 7) is 11.5. The SMILES string of the molecule is CC1(C)CCC(C)(C)c2cc(COc3ccc(C(=O)NC4CNCCO4)c(O)c3)ccc21. The smallest absolute Gasteiger partial charge is 0.257 e. The quantitative estimate of drug-likeness (QED) is 0.658. The topological polar surface area (TPSA) is 79.8 Å². The van der Waals surface area contributed by atoms with Crippen LogP contribution in [0.15, 0.2) is 36.4 Å². The molecular formula is C26H34N2O4. The first kappa shape index (κ1) is 22.6. The van der Waals surface area contributed by atoms with Gasteiger partial charge in [0.1, 0.15) is 24.3 Å². The van der Waals surface area contributed by atoms with Gasteiger partial charge in [-0.15, -0.1) is 0 Å². The van der Waals surface area contributed by atoms with Gasteiger partial charge in [0.15, 0.2) is 0 Å². The molecule has 2 aliphatic rings. The van der Waals surface area contributed by atoms with E-state index in [4.69, 9.17) is 9.47 Å². The van der Waals surface area contributed by atoms with Crippen molar-refractivity contribution in [2.75, 3.05) is 19.7 Å². The van der Waals surface area contributed by atoms with Gasteiger partial charge in [-0.3, -0.25) is 4.79 Å². The molecule has 0 spiro atoms. The van der Waals surface area contributed by atoms with Crippen molar-refractivity contribution in [1.29, 1.82) is 0 Å². The van der Waals surface area contributed by atoms with Crippen molar-refractivity contribution in [2.24, 2.45) is 0 Å². The van der Waals surface area contributed by atoms with Crippen molar-refractivity contribution in [3.63, 3.8) is 0 Å². The standard InChI is InChI=1S/C26H34N2O4/c1-25(2)9-10-26(3,4)21-13-17(5-8-20(21)25)16-32-18-6-7-19(22(29)14-18)24(30)28-23-15-27-11-12-31-23/h5-8,13-14,23,27,29H,9-12,15-16H2,1-4H3,(H,28,30). The van der Waals surface area contributed by atoms with E-state index in [1.54, 1.807) is 12.1 Å². The number of aromatic hydroxyl groups is 1. The Kier molecular flexibility index (Phi) is 6.19. The van der Waals surface area contributed by atoms with Crippen LogP contribution in [0.5, 0.6) is 11.5 Å². The van der Waals surface area contributed by atoms with Crippen LogP contribution in [0.1, 0.15) is 67.6 Å². The fourth-order valence-corrected chi connectivity index (χ4v) is 4.57. The second-order valence-electron chi connectivity index (χ2n) is 10.2. The molecule has 1 aliphatic carbocycles. The highest BCUT2D eigenvalue weighted by Crippen LogP contribution is 2.46. The minimum atomic E-state index is -0.398. The van der Waals surface area contributed by atoms with Crippen molar-refractivity contribution < 1.29 is 19.4 Å². The molecule has 6 nitrogen and oxygen atoms in total. The minimum absolute atomic E-state index is 0.114. The summed E-state index contributed by atoms with van der Waals surface area (Å²) in [4.78, 5) is 12.5. The molecule has 0 bridgehead atoms. The summed E-state index contributed by atoms with van der Waals surface area (Å²) in [5, 5.41) is 16.3. The fraction of sp³-hybridized carbons (Fsp3) is 0.500. The highest BCUT2D eigenvalue weighted by Gasteiger charge is 2.36. The maximum Gasteiger partial charge on any atom is 0.257 e. The van der Waals surface area contributed by atoms with Crippen LogP contribution in [0.3, 0.4) is 0 Å². The highest BCUT2D eigenvalue weighted by molar-refractivity contribution is 5.97. The zero-order chi connectivity index (χ0) is 22.9. The summed E-state index contributed by atoms with van der Waals surface area (Å²) < 4.78 is 11.4. The first-order valence-electron chi connectivity index (χ1n) is 11.4. The molecule has 1 unspecified atom stereocenters. The third-order valence-corrected chi connectivity index (χ3v) is 6.76. The largest absolute Gasteiger partial charge is 0.507 e. The van der Waals surface area contributed by atoms with E-state index in [9.17, 15) is 9.90 Å². The van der Waals surface area contributed by atoms with Crippen LogP contribution in [0.25, 0.3) is 0 Å². The maximum absolute atomic E-state index is 12.5. The fourth-order valence-electron chi connectivity index (χ4n) is 4.57. The summed E-state index contributed by atoms with van der Waals surface area (Å²) in [5.74, 6) is 0.0336. The van der Waals surface area contributed by atoms with Crippen molar-refractivity contribution in [3.05, 3.63) is 58.7 Å². The number of benzene rings is 2. The molecule has 0 saturated carbocycles. The number of hydrogen-bond acceptors (Lipinski definition) is 5. The lowest BCUT2D eigenvalue weighted by molar-refractivity contribution is 0.00829. The number of phenolic OH excluding ortho intramolecular Hbond substituents is 1. The normalized spacial score (nSPS) is 21.4. The molecule has 1 aliphatic heterocycles. The molecule has 172 valence electrons. The van der Waals surface area contributed by atoms with E-state index in [1.807, 2.05) is 0 Å². The number of rotatable bonds is 5. The first-order valence-corrected chi connectivity index (χ1v) is 11.4. The number of ether oxygens (including phenoxy) is 2. The number of amides is 1. The average molecular weight is 439 g/mol. The van der Waals surface area contributed by atoms with Crippen LogP contribution in [-0.2, 0) is 22.2 Å². The number of hydrogen-bond donors (Lipinski definition) is 3. The predicted octanol–water partition coefficient (Wildman–Crippen LogP) is 4.00. The van der Waals surface area contributed by atoms with Gasteiger partial charge in [0, 0.05) is 19.2 Å². The van der Waals surface area contributed by atoms with Crippen molar-refractivity contribution >= 4 is 5.91 Å². The highest BCUT2D eigenvalue weighted by atomic mass is 16.5. The zero-order valence-electron chi connectivity index (χ0n) is 19.5. The van der Waals surface area contributed by atoms with Gasteiger partial charge in [0.2, 0.25) is 0 Å². The van der Waals surface area contributed by atoms with Gasteiger partial charge in [0.25, 0.3) is 5.91 Å². The molecule has 1 atom stereocenters. The van der Waals surface area contributed by atoms with Crippen LogP contribution >= 0.6 is 0 Å². The van der Waals surface area contributed by atoms with Gasteiger partial charge >= 0.3 is 0 Å². The lowest BCUT2D eigenvalue weighted by Gasteiger charge is -2.42. The lowest BCUT2D eigenvalue weighted by Crippen LogP contribution is -2.48. The number of fused-ring (bicyclic) bond motifs is 1. The van der Waals surface area contributed by atoms with Gasteiger partial charge in [-0.2, -0.15) is 0 Å². The Morgan fingerprint density at radius 2 is 1.88 bits per heavy atom. The van der Waals surface area contributed by atoms with Crippen LogP contribution < -0.4 is 15.4 Å². The van der Waals surface area contributed by atoms with E-state index >= 15 is 0 Å².